The van der Waals surface area contributed by atoms with Gasteiger partial charge in [-0.05, 0) is 60.1 Å². The number of aliphatic carboxylic acids is 1. The summed E-state index contributed by atoms with van der Waals surface area (Å²) in [6.07, 6.45) is 1.99. The number of rotatable bonds is 7. The third-order valence-electron chi connectivity index (χ3n) is 5.44. The van der Waals surface area contributed by atoms with Crippen molar-refractivity contribution in [1.29, 1.82) is 0 Å². The fourth-order valence-electron chi connectivity index (χ4n) is 3.68. The number of benzene rings is 2. The molecule has 0 bridgehead atoms. The van der Waals surface area contributed by atoms with Gasteiger partial charge in [-0.1, -0.05) is 54.4 Å². The van der Waals surface area contributed by atoms with Gasteiger partial charge in [-0.15, -0.1) is 0 Å². The first-order valence-corrected chi connectivity index (χ1v) is 10.1. The molecular weight excluding hydrogens is 381 g/mol. The first-order chi connectivity index (χ1) is 12.9. The predicted molar refractivity (Wildman–Crippen MR) is 111 cm³/mol. The molecule has 1 saturated heterocycles. The molecule has 0 amide bonds. The summed E-state index contributed by atoms with van der Waals surface area (Å²) < 4.78 is 0. The van der Waals surface area contributed by atoms with Gasteiger partial charge in [0.05, 0.1) is 5.92 Å². The molecule has 144 valence electrons. The van der Waals surface area contributed by atoms with Gasteiger partial charge in [-0.2, -0.15) is 0 Å². The molecule has 1 fully saturated rings. The Morgan fingerprint density at radius 1 is 1.19 bits per heavy atom. The van der Waals surface area contributed by atoms with Crippen LogP contribution in [0.4, 0.5) is 0 Å². The molecule has 2 aromatic carbocycles. The highest BCUT2D eigenvalue weighted by atomic mass is 35.5. The second kappa shape index (κ2) is 8.64. The lowest BCUT2D eigenvalue weighted by atomic mass is 9.88. The predicted octanol–water partition coefficient (Wildman–Crippen LogP) is 5.55. The Morgan fingerprint density at radius 3 is 2.52 bits per heavy atom. The lowest BCUT2D eigenvalue weighted by Crippen LogP contribution is -2.49. The van der Waals surface area contributed by atoms with E-state index >= 15 is 0 Å². The zero-order valence-corrected chi connectivity index (χ0v) is 17.2. The van der Waals surface area contributed by atoms with E-state index in [0.717, 1.165) is 34.0 Å². The highest BCUT2D eigenvalue weighted by Gasteiger charge is 2.32. The van der Waals surface area contributed by atoms with Crippen LogP contribution in [0.1, 0.15) is 41.5 Å². The number of carboxylic acids is 1. The molecular formula is C22H25Cl2NO2. The van der Waals surface area contributed by atoms with Crippen molar-refractivity contribution >= 4 is 29.2 Å². The molecule has 3 nitrogen and oxygen atoms in total. The Hall–Kier alpha value is -1.55. The van der Waals surface area contributed by atoms with Gasteiger partial charge in [0.25, 0.3) is 0 Å². The maximum atomic E-state index is 11.0. The van der Waals surface area contributed by atoms with E-state index in [-0.39, 0.29) is 5.92 Å². The third kappa shape index (κ3) is 4.84. The molecule has 0 aromatic heterocycles. The number of likely N-dealkylation sites (tertiary alicyclic amines) is 1. The molecule has 5 heteroatoms. The zero-order chi connectivity index (χ0) is 19.6. The average molecular weight is 406 g/mol. The van der Waals surface area contributed by atoms with Gasteiger partial charge in [-0.25, -0.2) is 0 Å². The number of carboxylic acid groups (broad SMARTS) is 1. The minimum absolute atomic E-state index is 0.246. The smallest absolute Gasteiger partial charge is 0.309 e. The van der Waals surface area contributed by atoms with Crippen LogP contribution in [0, 0.1) is 12.8 Å². The summed E-state index contributed by atoms with van der Waals surface area (Å²) >= 11 is 12.6. The SMILES string of the molecule is CC[C@@H](Cc1ccc(Cl)c(CN2CC(C(=O)O)C2)c1)c1ccc(Cl)c(C)c1. The van der Waals surface area contributed by atoms with Crippen LogP contribution in [0.5, 0.6) is 0 Å². The van der Waals surface area contributed by atoms with Crippen LogP contribution < -0.4 is 0 Å². The van der Waals surface area contributed by atoms with Crippen molar-refractivity contribution < 1.29 is 9.90 Å². The number of carbonyl (C=O) groups is 1. The van der Waals surface area contributed by atoms with Crippen LogP contribution in [0.25, 0.3) is 0 Å². The summed E-state index contributed by atoms with van der Waals surface area (Å²) in [6.45, 7) is 6.14. The maximum absolute atomic E-state index is 11.0. The first kappa shape index (κ1) is 20.2. The van der Waals surface area contributed by atoms with E-state index in [1.54, 1.807) is 0 Å². The second-order valence-corrected chi connectivity index (χ2v) is 8.29. The van der Waals surface area contributed by atoms with Crippen molar-refractivity contribution in [2.24, 2.45) is 5.92 Å². The Bertz CT molecular complexity index is 831. The van der Waals surface area contributed by atoms with E-state index < -0.39 is 5.97 Å². The van der Waals surface area contributed by atoms with Gasteiger partial charge in [-0.3, -0.25) is 9.69 Å². The molecule has 1 N–H and O–H groups in total. The molecule has 1 heterocycles. The molecule has 0 unspecified atom stereocenters. The largest absolute Gasteiger partial charge is 0.481 e. The standard InChI is InChI=1S/C22H25Cl2NO2/c1-3-16(17-5-7-20(23)14(2)8-17)9-15-4-6-21(24)18(10-15)11-25-12-19(13-25)22(26)27/h4-8,10,16,19H,3,9,11-13H2,1-2H3,(H,26,27)/t16-/m0/s1. The Kier molecular flexibility index (Phi) is 6.46. The Labute approximate surface area is 170 Å². The molecule has 27 heavy (non-hydrogen) atoms. The number of hydrogen-bond donors (Lipinski definition) is 1. The van der Waals surface area contributed by atoms with Crippen LogP contribution in [0.2, 0.25) is 10.0 Å². The van der Waals surface area contributed by atoms with Crippen molar-refractivity contribution in [3.8, 4) is 0 Å². The van der Waals surface area contributed by atoms with E-state index in [1.165, 1.54) is 11.1 Å². The van der Waals surface area contributed by atoms with Crippen LogP contribution >= 0.6 is 23.2 Å². The van der Waals surface area contributed by atoms with E-state index in [0.29, 0.717) is 25.6 Å². The highest BCUT2D eigenvalue weighted by molar-refractivity contribution is 6.31. The molecule has 1 aliphatic rings. The molecule has 0 radical (unpaired) electrons. The van der Waals surface area contributed by atoms with Crippen molar-refractivity contribution in [3.63, 3.8) is 0 Å². The molecule has 2 aromatic rings. The summed E-state index contributed by atoms with van der Waals surface area (Å²) in [5, 5.41) is 10.6. The maximum Gasteiger partial charge on any atom is 0.309 e. The monoisotopic (exact) mass is 405 g/mol. The zero-order valence-electron chi connectivity index (χ0n) is 15.7. The van der Waals surface area contributed by atoms with Crippen LogP contribution in [-0.2, 0) is 17.8 Å². The fraction of sp³-hybridized carbons (Fsp3) is 0.409. The summed E-state index contributed by atoms with van der Waals surface area (Å²) in [5.41, 5.74) is 4.74. The Balaban J connectivity index is 1.71. The molecule has 0 saturated carbocycles. The summed E-state index contributed by atoms with van der Waals surface area (Å²) in [5.74, 6) is -0.532. The van der Waals surface area contributed by atoms with Gasteiger partial charge >= 0.3 is 5.97 Å². The molecule has 3 rings (SSSR count). The van der Waals surface area contributed by atoms with Crippen LogP contribution in [0.3, 0.4) is 0 Å². The lowest BCUT2D eigenvalue weighted by molar-refractivity contribution is -0.147. The Morgan fingerprint density at radius 2 is 1.89 bits per heavy atom. The first-order valence-electron chi connectivity index (χ1n) is 9.36. The topological polar surface area (TPSA) is 40.5 Å². The third-order valence-corrected chi connectivity index (χ3v) is 6.23. The van der Waals surface area contributed by atoms with Crippen LogP contribution in [0.15, 0.2) is 36.4 Å². The van der Waals surface area contributed by atoms with Crippen molar-refractivity contribution in [1.82, 2.24) is 4.90 Å². The number of hydrogen-bond acceptors (Lipinski definition) is 2. The number of aryl methyl sites for hydroxylation is 1. The normalized spacial score (nSPS) is 16.1. The van der Waals surface area contributed by atoms with Gasteiger partial charge in [0, 0.05) is 29.7 Å². The van der Waals surface area contributed by atoms with E-state index in [4.69, 9.17) is 28.3 Å². The lowest BCUT2D eigenvalue weighted by Gasteiger charge is -2.36. The van der Waals surface area contributed by atoms with E-state index in [9.17, 15) is 4.79 Å². The van der Waals surface area contributed by atoms with Gasteiger partial charge in [0.1, 0.15) is 0 Å². The number of nitrogens with zero attached hydrogens (tertiary/aromatic N) is 1. The van der Waals surface area contributed by atoms with Gasteiger partial charge in [0.15, 0.2) is 0 Å². The van der Waals surface area contributed by atoms with Gasteiger partial charge in [0.2, 0.25) is 0 Å². The van der Waals surface area contributed by atoms with E-state index in [1.807, 2.05) is 19.1 Å². The molecule has 1 atom stereocenters. The molecule has 0 spiro atoms. The minimum atomic E-state index is -0.713. The second-order valence-electron chi connectivity index (χ2n) is 7.47. The van der Waals surface area contributed by atoms with Crippen LogP contribution in [-0.4, -0.2) is 29.1 Å². The quantitative estimate of drug-likeness (QED) is 0.655. The molecule has 1 aliphatic heterocycles. The fourth-order valence-corrected chi connectivity index (χ4v) is 3.97. The van der Waals surface area contributed by atoms with Crippen molar-refractivity contribution in [2.75, 3.05) is 13.1 Å². The minimum Gasteiger partial charge on any atom is -0.481 e. The van der Waals surface area contributed by atoms with Crippen molar-refractivity contribution in [2.45, 2.75) is 39.2 Å². The molecule has 0 aliphatic carbocycles. The highest BCUT2D eigenvalue weighted by Crippen LogP contribution is 2.30. The van der Waals surface area contributed by atoms with E-state index in [2.05, 4.69) is 36.1 Å². The summed E-state index contributed by atoms with van der Waals surface area (Å²) in [6, 6.07) is 12.5. The van der Waals surface area contributed by atoms with Gasteiger partial charge < -0.3 is 5.11 Å². The summed E-state index contributed by atoms with van der Waals surface area (Å²) in [4.78, 5) is 13.1. The average Bonchev–Trinajstić information content (AvgIpc) is 2.60. The number of halogens is 2. The van der Waals surface area contributed by atoms with Crippen molar-refractivity contribution in [3.05, 3.63) is 68.7 Å². The summed E-state index contributed by atoms with van der Waals surface area (Å²) in [7, 11) is 0.